The average Bonchev–Trinajstić information content (AvgIpc) is 2.34. The minimum Gasteiger partial charge on any atom is -0.355 e. The number of rotatable bonds is 3. The number of amides is 1. The van der Waals surface area contributed by atoms with Gasteiger partial charge in [-0.1, -0.05) is 0 Å². The molecule has 3 nitrogen and oxygen atoms in total. The normalized spacial score (nSPS) is 29.2. The van der Waals surface area contributed by atoms with Crippen LogP contribution in [0.25, 0.3) is 0 Å². The lowest BCUT2D eigenvalue weighted by atomic mass is 10.2. The fraction of sp³-hybridized carbons (Fsp3) is 0.900. The predicted octanol–water partition coefficient (Wildman–Crippen LogP) is 0.995. The number of nitrogens with one attached hydrogen (secondary N) is 1. The highest BCUT2D eigenvalue weighted by atomic mass is 16.1. The van der Waals surface area contributed by atoms with Crippen molar-refractivity contribution in [2.45, 2.75) is 45.7 Å². The Morgan fingerprint density at radius 2 is 1.92 bits per heavy atom. The molecule has 0 aromatic rings. The Balaban J connectivity index is 2.23. The molecular formula is C10H20N2O. The second-order valence-corrected chi connectivity index (χ2v) is 4.00. The highest BCUT2D eigenvalue weighted by molar-refractivity contribution is 5.72. The van der Waals surface area contributed by atoms with Crippen LogP contribution in [0.15, 0.2) is 0 Å². The first-order valence-electron chi connectivity index (χ1n) is 5.11. The molecule has 0 spiro atoms. The van der Waals surface area contributed by atoms with Crippen LogP contribution < -0.4 is 5.32 Å². The summed E-state index contributed by atoms with van der Waals surface area (Å²) < 4.78 is 0. The molecule has 1 N–H and O–H groups in total. The third-order valence-electron chi connectivity index (χ3n) is 2.88. The van der Waals surface area contributed by atoms with Gasteiger partial charge in [0.05, 0.1) is 0 Å². The fourth-order valence-corrected chi connectivity index (χ4v) is 2.05. The van der Waals surface area contributed by atoms with Crippen LogP contribution in [0.4, 0.5) is 0 Å². The second kappa shape index (κ2) is 4.61. The lowest BCUT2D eigenvalue weighted by Crippen LogP contribution is -2.39. The van der Waals surface area contributed by atoms with Crippen LogP contribution in [0.5, 0.6) is 0 Å². The third kappa shape index (κ3) is 2.99. The first-order chi connectivity index (χ1) is 6.11. The highest BCUT2D eigenvalue weighted by Crippen LogP contribution is 2.22. The molecular weight excluding hydrogens is 164 g/mol. The average molecular weight is 184 g/mol. The lowest BCUT2D eigenvalue weighted by molar-refractivity contribution is -0.119. The molecule has 0 aliphatic carbocycles. The summed E-state index contributed by atoms with van der Waals surface area (Å²) >= 11 is 0. The Bertz CT molecular complexity index is 172. The number of likely N-dealkylation sites (tertiary alicyclic amines) is 1. The molecule has 1 amide bonds. The van der Waals surface area contributed by atoms with Crippen molar-refractivity contribution in [2.75, 3.05) is 13.1 Å². The van der Waals surface area contributed by atoms with E-state index in [1.165, 1.54) is 12.8 Å². The zero-order valence-electron chi connectivity index (χ0n) is 8.84. The maximum absolute atomic E-state index is 10.7. The Labute approximate surface area is 80.5 Å². The molecule has 13 heavy (non-hydrogen) atoms. The molecule has 0 aromatic carbocycles. The minimum atomic E-state index is 0.0690. The molecule has 1 aliphatic heterocycles. The molecule has 1 saturated heterocycles. The maximum atomic E-state index is 10.7. The molecule has 76 valence electrons. The summed E-state index contributed by atoms with van der Waals surface area (Å²) in [7, 11) is 0. The summed E-state index contributed by atoms with van der Waals surface area (Å²) in [4.78, 5) is 13.1. The number of carbonyl (C=O) groups excluding carboxylic acids is 1. The standard InChI is InChI=1S/C10H20N2O/c1-8-4-5-9(2)12(8)7-6-11-10(3)13/h8-9H,4-7H2,1-3H3,(H,11,13)/t8-,9-/m1/s1. The van der Waals surface area contributed by atoms with Crippen LogP contribution in [0.3, 0.4) is 0 Å². The molecule has 1 heterocycles. The van der Waals surface area contributed by atoms with Crippen LogP contribution in [0.2, 0.25) is 0 Å². The van der Waals surface area contributed by atoms with E-state index in [2.05, 4.69) is 24.1 Å². The number of hydrogen-bond donors (Lipinski definition) is 1. The van der Waals surface area contributed by atoms with E-state index in [9.17, 15) is 4.79 Å². The molecule has 1 aliphatic rings. The monoisotopic (exact) mass is 184 g/mol. The van der Waals surface area contributed by atoms with Crippen molar-refractivity contribution in [3.63, 3.8) is 0 Å². The Morgan fingerprint density at radius 3 is 2.38 bits per heavy atom. The van der Waals surface area contributed by atoms with Crippen molar-refractivity contribution in [1.29, 1.82) is 0 Å². The Hall–Kier alpha value is -0.570. The first kappa shape index (κ1) is 10.5. The van der Waals surface area contributed by atoms with E-state index in [-0.39, 0.29) is 5.91 Å². The van der Waals surface area contributed by atoms with E-state index < -0.39 is 0 Å². The highest BCUT2D eigenvalue weighted by Gasteiger charge is 2.26. The van der Waals surface area contributed by atoms with E-state index in [4.69, 9.17) is 0 Å². The fourth-order valence-electron chi connectivity index (χ4n) is 2.05. The molecule has 1 fully saturated rings. The van der Waals surface area contributed by atoms with E-state index in [0.717, 1.165) is 13.1 Å². The van der Waals surface area contributed by atoms with Crippen molar-refractivity contribution in [3.05, 3.63) is 0 Å². The van der Waals surface area contributed by atoms with Gasteiger partial charge in [0, 0.05) is 32.1 Å². The van der Waals surface area contributed by atoms with Crippen LogP contribution >= 0.6 is 0 Å². The van der Waals surface area contributed by atoms with Crippen molar-refractivity contribution in [3.8, 4) is 0 Å². The van der Waals surface area contributed by atoms with Crippen molar-refractivity contribution >= 4 is 5.91 Å². The van der Waals surface area contributed by atoms with Gasteiger partial charge in [-0.3, -0.25) is 9.69 Å². The summed E-state index contributed by atoms with van der Waals surface area (Å²) in [5.74, 6) is 0.0690. The topological polar surface area (TPSA) is 32.3 Å². The van der Waals surface area contributed by atoms with Crippen molar-refractivity contribution < 1.29 is 4.79 Å². The van der Waals surface area contributed by atoms with Gasteiger partial charge in [0.15, 0.2) is 0 Å². The van der Waals surface area contributed by atoms with Crippen LogP contribution in [0, 0.1) is 0 Å². The summed E-state index contributed by atoms with van der Waals surface area (Å²) in [6.45, 7) is 7.86. The summed E-state index contributed by atoms with van der Waals surface area (Å²) in [6.07, 6.45) is 2.59. The van der Waals surface area contributed by atoms with Gasteiger partial charge < -0.3 is 5.32 Å². The molecule has 0 aromatic heterocycles. The third-order valence-corrected chi connectivity index (χ3v) is 2.88. The molecule has 0 bridgehead atoms. The van der Waals surface area contributed by atoms with Crippen molar-refractivity contribution in [1.82, 2.24) is 10.2 Å². The Kier molecular flexibility index (Phi) is 3.72. The van der Waals surface area contributed by atoms with Gasteiger partial charge >= 0.3 is 0 Å². The SMILES string of the molecule is CC(=O)NCCN1[C@H](C)CC[C@H]1C. The number of hydrogen-bond acceptors (Lipinski definition) is 2. The van der Waals surface area contributed by atoms with Crippen LogP contribution in [-0.4, -0.2) is 36.0 Å². The van der Waals surface area contributed by atoms with Crippen LogP contribution in [-0.2, 0) is 4.79 Å². The largest absolute Gasteiger partial charge is 0.355 e. The molecule has 3 heteroatoms. The molecule has 2 atom stereocenters. The van der Waals surface area contributed by atoms with Gasteiger partial charge in [0.25, 0.3) is 0 Å². The molecule has 0 radical (unpaired) electrons. The van der Waals surface area contributed by atoms with Crippen LogP contribution in [0.1, 0.15) is 33.6 Å². The lowest BCUT2D eigenvalue weighted by Gasteiger charge is -2.25. The Morgan fingerprint density at radius 1 is 1.38 bits per heavy atom. The van der Waals surface area contributed by atoms with Crippen molar-refractivity contribution in [2.24, 2.45) is 0 Å². The van der Waals surface area contributed by atoms with Gasteiger partial charge in [-0.2, -0.15) is 0 Å². The van der Waals surface area contributed by atoms with Gasteiger partial charge in [-0.05, 0) is 26.7 Å². The van der Waals surface area contributed by atoms with E-state index in [1.54, 1.807) is 6.92 Å². The smallest absolute Gasteiger partial charge is 0.216 e. The van der Waals surface area contributed by atoms with Gasteiger partial charge in [0.2, 0.25) is 5.91 Å². The quantitative estimate of drug-likeness (QED) is 0.709. The van der Waals surface area contributed by atoms with Gasteiger partial charge in [-0.15, -0.1) is 0 Å². The first-order valence-corrected chi connectivity index (χ1v) is 5.11. The molecule has 0 saturated carbocycles. The maximum Gasteiger partial charge on any atom is 0.216 e. The zero-order chi connectivity index (χ0) is 9.84. The van der Waals surface area contributed by atoms with Gasteiger partial charge in [0.1, 0.15) is 0 Å². The van der Waals surface area contributed by atoms with E-state index in [0.29, 0.717) is 12.1 Å². The number of carbonyl (C=O) groups is 1. The van der Waals surface area contributed by atoms with Gasteiger partial charge in [-0.25, -0.2) is 0 Å². The zero-order valence-corrected chi connectivity index (χ0v) is 8.84. The summed E-state index contributed by atoms with van der Waals surface area (Å²) in [5, 5.41) is 2.83. The second-order valence-electron chi connectivity index (χ2n) is 4.00. The van der Waals surface area contributed by atoms with E-state index in [1.807, 2.05) is 0 Å². The molecule has 0 unspecified atom stereocenters. The molecule has 1 rings (SSSR count). The summed E-state index contributed by atoms with van der Waals surface area (Å²) in [5.41, 5.74) is 0. The van der Waals surface area contributed by atoms with E-state index >= 15 is 0 Å². The number of nitrogens with zero attached hydrogens (tertiary/aromatic N) is 1. The minimum absolute atomic E-state index is 0.0690. The summed E-state index contributed by atoms with van der Waals surface area (Å²) in [6, 6.07) is 1.37. The predicted molar refractivity (Wildman–Crippen MR) is 53.5 cm³/mol.